The summed E-state index contributed by atoms with van der Waals surface area (Å²) in [4.78, 5) is 0. The Morgan fingerprint density at radius 1 is 1.22 bits per heavy atom. The van der Waals surface area contributed by atoms with Gasteiger partial charge in [0.25, 0.3) is 0 Å². The van der Waals surface area contributed by atoms with Crippen molar-refractivity contribution in [2.75, 3.05) is 6.54 Å². The van der Waals surface area contributed by atoms with Gasteiger partial charge in [0, 0.05) is 10.5 Å². The summed E-state index contributed by atoms with van der Waals surface area (Å²) in [6.07, 6.45) is 3.67. The number of aryl methyl sites for hydroxylation is 1. The van der Waals surface area contributed by atoms with E-state index in [0.29, 0.717) is 6.04 Å². The van der Waals surface area contributed by atoms with E-state index in [9.17, 15) is 0 Å². The Morgan fingerprint density at radius 3 is 2.50 bits per heavy atom. The van der Waals surface area contributed by atoms with Crippen LogP contribution in [-0.4, -0.2) is 6.54 Å². The molecule has 0 aliphatic rings. The van der Waals surface area contributed by atoms with Gasteiger partial charge in [-0.25, -0.2) is 0 Å². The Bertz CT molecular complexity index is 360. The number of hydrogen-bond acceptors (Lipinski definition) is 1. The Kier molecular flexibility index (Phi) is 6.95. The maximum Gasteiger partial charge on any atom is 0.0320 e. The summed E-state index contributed by atoms with van der Waals surface area (Å²) >= 11 is 3.63. The first-order valence-electron chi connectivity index (χ1n) is 7.04. The van der Waals surface area contributed by atoms with Gasteiger partial charge in [-0.15, -0.1) is 0 Å². The first-order valence-corrected chi connectivity index (χ1v) is 7.83. The first kappa shape index (κ1) is 15.7. The predicted octanol–water partition coefficient (Wildman–Crippen LogP) is 5.23. The lowest BCUT2D eigenvalue weighted by atomic mass is 9.97. The predicted molar refractivity (Wildman–Crippen MR) is 84.0 cm³/mol. The number of nitrogens with one attached hydrogen (secondary N) is 1. The van der Waals surface area contributed by atoms with Gasteiger partial charge in [0.05, 0.1) is 0 Å². The molecule has 0 heterocycles. The van der Waals surface area contributed by atoms with Gasteiger partial charge >= 0.3 is 0 Å². The molecule has 0 fully saturated rings. The second-order valence-corrected chi connectivity index (χ2v) is 6.34. The molecule has 1 aromatic carbocycles. The van der Waals surface area contributed by atoms with E-state index in [0.717, 1.165) is 12.5 Å². The molecule has 0 aromatic heterocycles. The summed E-state index contributed by atoms with van der Waals surface area (Å²) in [7, 11) is 0. The molecule has 2 heteroatoms. The number of halogens is 1. The van der Waals surface area contributed by atoms with Crippen LogP contribution in [0.15, 0.2) is 22.7 Å². The fraction of sp³-hybridized carbons (Fsp3) is 0.625. The van der Waals surface area contributed by atoms with Crippen LogP contribution in [0.5, 0.6) is 0 Å². The monoisotopic (exact) mass is 311 g/mol. The molecule has 0 aliphatic carbocycles. The zero-order valence-corrected chi connectivity index (χ0v) is 13.7. The molecule has 1 aromatic rings. The number of rotatable bonds is 7. The van der Waals surface area contributed by atoms with Gasteiger partial charge in [0.1, 0.15) is 0 Å². The SMILES string of the molecule is CCCNC(CCC(C)C)c1ccc(C)c(Br)c1. The summed E-state index contributed by atoms with van der Waals surface area (Å²) in [5.41, 5.74) is 2.71. The minimum atomic E-state index is 0.490. The van der Waals surface area contributed by atoms with Crippen molar-refractivity contribution in [3.8, 4) is 0 Å². The van der Waals surface area contributed by atoms with Gasteiger partial charge in [0.2, 0.25) is 0 Å². The molecule has 0 radical (unpaired) electrons. The third-order valence-corrected chi connectivity index (χ3v) is 4.13. The molecule has 0 saturated heterocycles. The Morgan fingerprint density at radius 2 is 1.94 bits per heavy atom. The number of benzene rings is 1. The molecule has 0 amide bonds. The van der Waals surface area contributed by atoms with E-state index in [1.165, 1.54) is 34.9 Å². The van der Waals surface area contributed by atoms with Gasteiger partial charge in [-0.1, -0.05) is 48.8 Å². The molecular weight excluding hydrogens is 286 g/mol. The van der Waals surface area contributed by atoms with E-state index in [-0.39, 0.29) is 0 Å². The topological polar surface area (TPSA) is 12.0 Å². The van der Waals surface area contributed by atoms with Gasteiger partial charge in [-0.2, -0.15) is 0 Å². The fourth-order valence-electron chi connectivity index (χ4n) is 2.03. The van der Waals surface area contributed by atoms with Gasteiger partial charge < -0.3 is 5.32 Å². The minimum absolute atomic E-state index is 0.490. The average Bonchev–Trinajstić information content (AvgIpc) is 2.33. The maximum atomic E-state index is 3.67. The molecule has 0 aliphatic heterocycles. The smallest absolute Gasteiger partial charge is 0.0320 e. The average molecular weight is 312 g/mol. The van der Waals surface area contributed by atoms with Crippen LogP contribution in [0.3, 0.4) is 0 Å². The summed E-state index contributed by atoms with van der Waals surface area (Å²) in [5.74, 6) is 0.768. The van der Waals surface area contributed by atoms with Crippen molar-refractivity contribution < 1.29 is 0 Å². The summed E-state index contributed by atoms with van der Waals surface area (Å²) in [5, 5.41) is 3.67. The van der Waals surface area contributed by atoms with Crippen molar-refractivity contribution in [1.82, 2.24) is 5.32 Å². The Labute approximate surface area is 120 Å². The van der Waals surface area contributed by atoms with Crippen LogP contribution in [0.1, 0.15) is 57.2 Å². The Hall–Kier alpha value is -0.340. The summed E-state index contributed by atoms with van der Waals surface area (Å²) in [6.45, 7) is 10.0. The van der Waals surface area contributed by atoms with Crippen molar-refractivity contribution >= 4 is 15.9 Å². The molecule has 1 unspecified atom stereocenters. The van der Waals surface area contributed by atoms with Crippen molar-refractivity contribution in [1.29, 1.82) is 0 Å². The highest BCUT2D eigenvalue weighted by Crippen LogP contribution is 2.25. The lowest BCUT2D eigenvalue weighted by Crippen LogP contribution is -2.22. The largest absolute Gasteiger partial charge is 0.310 e. The second kappa shape index (κ2) is 7.96. The van der Waals surface area contributed by atoms with Gasteiger partial charge in [0.15, 0.2) is 0 Å². The molecule has 102 valence electrons. The highest BCUT2D eigenvalue weighted by Gasteiger charge is 2.12. The molecular formula is C16H26BrN. The van der Waals surface area contributed by atoms with E-state index in [2.05, 4.69) is 67.1 Å². The molecule has 0 bridgehead atoms. The van der Waals surface area contributed by atoms with E-state index in [4.69, 9.17) is 0 Å². The van der Waals surface area contributed by atoms with Crippen LogP contribution in [0, 0.1) is 12.8 Å². The number of hydrogen-bond donors (Lipinski definition) is 1. The highest BCUT2D eigenvalue weighted by atomic mass is 79.9. The highest BCUT2D eigenvalue weighted by molar-refractivity contribution is 9.10. The molecule has 0 spiro atoms. The molecule has 0 saturated carbocycles. The zero-order valence-electron chi connectivity index (χ0n) is 12.1. The standard InChI is InChI=1S/C16H26BrN/c1-5-10-18-16(9-6-12(2)3)14-8-7-13(4)15(17)11-14/h7-8,11-12,16,18H,5-6,9-10H2,1-4H3. The van der Waals surface area contributed by atoms with Gasteiger partial charge in [-0.05, 0) is 55.8 Å². The minimum Gasteiger partial charge on any atom is -0.310 e. The van der Waals surface area contributed by atoms with Crippen molar-refractivity contribution in [2.24, 2.45) is 5.92 Å². The van der Waals surface area contributed by atoms with Crippen LogP contribution in [0.25, 0.3) is 0 Å². The summed E-state index contributed by atoms with van der Waals surface area (Å²) in [6, 6.07) is 7.22. The third-order valence-electron chi connectivity index (χ3n) is 3.27. The second-order valence-electron chi connectivity index (χ2n) is 5.49. The zero-order chi connectivity index (χ0) is 13.5. The van der Waals surface area contributed by atoms with E-state index >= 15 is 0 Å². The molecule has 1 rings (SSSR count). The van der Waals surface area contributed by atoms with Crippen molar-refractivity contribution in [3.63, 3.8) is 0 Å². The van der Waals surface area contributed by atoms with Crippen molar-refractivity contribution in [3.05, 3.63) is 33.8 Å². The van der Waals surface area contributed by atoms with Crippen LogP contribution in [0.2, 0.25) is 0 Å². The lowest BCUT2D eigenvalue weighted by molar-refractivity contribution is 0.440. The normalized spacial score (nSPS) is 13.0. The van der Waals surface area contributed by atoms with Crippen molar-refractivity contribution in [2.45, 2.75) is 53.0 Å². The maximum absolute atomic E-state index is 3.67. The Balaban J connectivity index is 2.76. The summed E-state index contributed by atoms with van der Waals surface area (Å²) < 4.78 is 1.22. The molecule has 1 N–H and O–H groups in total. The quantitative estimate of drug-likeness (QED) is 0.726. The molecule has 1 nitrogen and oxygen atoms in total. The first-order chi connectivity index (χ1) is 8.54. The van der Waals surface area contributed by atoms with E-state index in [1.54, 1.807) is 0 Å². The third kappa shape index (κ3) is 5.11. The van der Waals surface area contributed by atoms with E-state index in [1.807, 2.05) is 0 Å². The lowest BCUT2D eigenvalue weighted by Gasteiger charge is -2.20. The van der Waals surface area contributed by atoms with Crippen LogP contribution >= 0.6 is 15.9 Å². The molecule has 18 heavy (non-hydrogen) atoms. The van der Waals surface area contributed by atoms with Crippen LogP contribution in [0.4, 0.5) is 0 Å². The molecule has 1 atom stereocenters. The van der Waals surface area contributed by atoms with E-state index < -0.39 is 0 Å². The fourth-order valence-corrected chi connectivity index (χ4v) is 2.43. The van der Waals surface area contributed by atoms with Crippen LogP contribution < -0.4 is 5.32 Å². The van der Waals surface area contributed by atoms with Crippen LogP contribution in [-0.2, 0) is 0 Å². The van der Waals surface area contributed by atoms with Gasteiger partial charge in [-0.3, -0.25) is 0 Å².